The van der Waals surface area contributed by atoms with E-state index in [4.69, 9.17) is 5.11 Å². The number of carboxylic acids is 1. The number of carboxylic acid groups (broad SMARTS) is 1. The lowest BCUT2D eigenvalue weighted by Gasteiger charge is -2.26. The molecule has 17 heavy (non-hydrogen) atoms. The first-order valence-electron chi connectivity index (χ1n) is 6.12. The third kappa shape index (κ3) is 5.68. The van der Waals surface area contributed by atoms with Gasteiger partial charge in [-0.05, 0) is 45.7 Å². The van der Waals surface area contributed by atoms with E-state index >= 15 is 0 Å². The third-order valence-corrected chi connectivity index (χ3v) is 3.08. The molecule has 5 nitrogen and oxygen atoms in total. The van der Waals surface area contributed by atoms with Gasteiger partial charge in [0.05, 0.1) is 0 Å². The summed E-state index contributed by atoms with van der Waals surface area (Å²) in [6.45, 7) is 5.62. The zero-order valence-electron chi connectivity index (χ0n) is 10.6. The molecule has 0 aromatic rings. The Bertz CT molecular complexity index is 283. The maximum Gasteiger partial charge on any atom is 0.303 e. The second-order valence-electron chi connectivity index (χ2n) is 5.39. The van der Waals surface area contributed by atoms with Gasteiger partial charge >= 0.3 is 5.97 Å². The van der Waals surface area contributed by atoms with Crippen molar-refractivity contribution in [3.63, 3.8) is 0 Å². The van der Waals surface area contributed by atoms with E-state index < -0.39 is 11.5 Å². The predicted octanol–water partition coefficient (Wildman–Crippen LogP) is 0.746. The van der Waals surface area contributed by atoms with Crippen molar-refractivity contribution in [3.8, 4) is 0 Å². The Morgan fingerprint density at radius 3 is 2.71 bits per heavy atom. The first-order chi connectivity index (χ1) is 7.89. The molecule has 0 spiro atoms. The van der Waals surface area contributed by atoms with E-state index in [-0.39, 0.29) is 12.3 Å². The van der Waals surface area contributed by atoms with Crippen molar-refractivity contribution in [3.05, 3.63) is 0 Å². The van der Waals surface area contributed by atoms with Crippen LogP contribution < -0.4 is 10.6 Å². The molecule has 3 N–H and O–H groups in total. The normalized spacial score (nSPS) is 20.2. The summed E-state index contributed by atoms with van der Waals surface area (Å²) in [5, 5.41) is 14.8. The number of nitrogens with one attached hydrogen (secondary N) is 2. The van der Waals surface area contributed by atoms with Crippen molar-refractivity contribution in [2.45, 2.75) is 45.1 Å². The molecule has 1 aliphatic rings. The van der Waals surface area contributed by atoms with Gasteiger partial charge < -0.3 is 15.7 Å². The first kappa shape index (κ1) is 14.0. The largest absolute Gasteiger partial charge is 0.481 e. The second kappa shape index (κ2) is 6.00. The average Bonchev–Trinajstić information content (AvgIpc) is 2.66. The zero-order valence-corrected chi connectivity index (χ0v) is 10.6. The van der Waals surface area contributed by atoms with Gasteiger partial charge in [0.1, 0.15) is 0 Å². The van der Waals surface area contributed by atoms with Crippen molar-refractivity contribution in [1.82, 2.24) is 10.6 Å². The van der Waals surface area contributed by atoms with Crippen LogP contribution in [0.3, 0.4) is 0 Å². The molecule has 1 fully saturated rings. The topological polar surface area (TPSA) is 78.4 Å². The molecule has 1 rings (SSSR count). The van der Waals surface area contributed by atoms with E-state index in [0.29, 0.717) is 18.8 Å². The summed E-state index contributed by atoms with van der Waals surface area (Å²) in [5.41, 5.74) is -0.443. The minimum Gasteiger partial charge on any atom is -0.481 e. The van der Waals surface area contributed by atoms with E-state index in [1.165, 1.54) is 0 Å². The second-order valence-corrected chi connectivity index (χ2v) is 5.39. The zero-order chi connectivity index (χ0) is 12.9. The first-order valence-corrected chi connectivity index (χ1v) is 6.12. The molecule has 1 heterocycles. The lowest BCUT2D eigenvalue weighted by molar-refractivity contribution is -0.137. The van der Waals surface area contributed by atoms with Crippen molar-refractivity contribution in [2.24, 2.45) is 5.92 Å². The summed E-state index contributed by atoms with van der Waals surface area (Å²) in [6, 6.07) is 0. The van der Waals surface area contributed by atoms with Gasteiger partial charge in [-0.3, -0.25) is 9.59 Å². The summed E-state index contributed by atoms with van der Waals surface area (Å²) < 4.78 is 0. The molecule has 0 aromatic heterocycles. The summed E-state index contributed by atoms with van der Waals surface area (Å²) in [7, 11) is 0. The molecular formula is C12H22N2O3. The Balaban J connectivity index is 2.29. The lowest BCUT2D eigenvalue weighted by atomic mass is 9.97. The van der Waals surface area contributed by atoms with Gasteiger partial charge in [-0.2, -0.15) is 0 Å². The number of amides is 1. The van der Waals surface area contributed by atoms with Gasteiger partial charge in [0.25, 0.3) is 0 Å². The minimum atomic E-state index is -0.827. The molecule has 0 radical (unpaired) electrons. The molecule has 0 aliphatic carbocycles. The van der Waals surface area contributed by atoms with E-state index in [1.54, 1.807) is 0 Å². The molecule has 0 aromatic carbocycles. The standard InChI is InChI=1S/C12H22N2O3/c1-12(2,5-3-11(16)17)14-10(15)7-9-4-6-13-8-9/h9,13H,3-8H2,1-2H3,(H,14,15)(H,16,17). The summed E-state index contributed by atoms with van der Waals surface area (Å²) >= 11 is 0. The van der Waals surface area contributed by atoms with Gasteiger partial charge in [0.2, 0.25) is 5.91 Å². The highest BCUT2D eigenvalue weighted by molar-refractivity contribution is 5.77. The smallest absolute Gasteiger partial charge is 0.303 e. The summed E-state index contributed by atoms with van der Waals surface area (Å²) in [6.07, 6.45) is 2.11. The Morgan fingerprint density at radius 2 is 2.18 bits per heavy atom. The molecule has 1 atom stereocenters. The number of carbonyl (C=O) groups is 2. The fourth-order valence-electron chi connectivity index (χ4n) is 2.06. The van der Waals surface area contributed by atoms with Crippen LogP contribution >= 0.6 is 0 Å². The van der Waals surface area contributed by atoms with Crippen molar-refractivity contribution >= 4 is 11.9 Å². The van der Waals surface area contributed by atoms with E-state index in [0.717, 1.165) is 19.5 Å². The third-order valence-electron chi connectivity index (χ3n) is 3.08. The van der Waals surface area contributed by atoms with Crippen LogP contribution in [-0.2, 0) is 9.59 Å². The van der Waals surface area contributed by atoms with Crippen LogP contribution in [0.1, 0.15) is 39.5 Å². The van der Waals surface area contributed by atoms with Gasteiger partial charge in [-0.15, -0.1) is 0 Å². The Labute approximate surface area is 102 Å². The molecule has 5 heteroatoms. The molecule has 1 aliphatic heterocycles. The number of carbonyl (C=O) groups excluding carboxylic acids is 1. The van der Waals surface area contributed by atoms with Crippen LogP contribution in [-0.4, -0.2) is 35.6 Å². The van der Waals surface area contributed by atoms with Crippen molar-refractivity contribution < 1.29 is 14.7 Å². The monoisotopic (exact) mass is 242 g/mol. The van der Waals surface area contributed by atoms with Crippen LogP contribution in [0.25, 0.3) is 0 Å². The van der Waals surface area contributed by atoms with Crippen molar-refractivity contribution in [1.29, 1.82) is 0 Å². The Morgan fingerprint density at radius 1 is 1.47 bits per heavy atom. The SMILES string of the molecule is CC(C)(CCC(=O)O)NC(=O)CC1CCNC1. The highest BCUT2D eigenvalue weighted by atomic mass is 16.4. The van der Waals surface area contributed by atoms with E-state index in [9.17, 15) is 9.59 Å². The number of hydrogen-bond donors (Lipinski definition) is 3. The molecular weight excluding hydrogens is 220 g/mol. The van der Waals surface area contributed by atoms with Gasteiger partial charge in [0.15, 0.2) is 0 Å². The molecule has 0 saturated carbocycles. The maximum atomic E-state index is 11.8. The van der Waals surface area contributed by atoms with Crippen molar-refractivity contribution in [2.75, 3.05) is 13.1 Å². The molecule has 1 amide bonds. The van der Waals surface area contributed by atoms with Crippen LogP contribution in [0, 0.1) is 5.92 Å². The van der Waals surface area contributed by atoms with Crippen LogP contribution in [0.4, 0.5) is 0 Å². The van der Waals surface area contributed by atoms with Crippen LogP contribution in [0.2, 0.25) is 0 Å². The maximum absolute atomic E-state index is 11.8. The van der Waals surface area contributed by atoms with Gasteiger partial charge in [-0.1, -0.05) is 0 Å². The average molecular weight is 242 g/mol. The number of rotatable bonds is 6. The Hall–Kier alpha value is -1.10. The summed E-state index contributed by atoms with van der Waals surface area (Å²) in [4.78, 5) is 22.3. The number of aliphatic carboxylic acids is 1. The van der Waals surface area contributed by atoms with Gasteiger partial charge in [-0.25, -0.2) is 0 Å². The van der Waals surface area contributed by atoms with Crippen LogP contribution in [0.5, 0.6) is 0 Å². The quantitative estimate of drug-likeness (QED) is 0.642. The fourth-order valence-corrected chi connectivity index (χ4v) is 2.06. The highest BCUT2D eigenvalue weighted by Gasteiger charge is 2.24. The fraction of sp³-hybridized carbons (Fsp3) is 0.833. The lowest BCUT2D eigenvalue weighted by Crippen LogP contribution is -2.44. The predicted molar refractivity (Wildman–Crippen MR) is 64.7 cm³/mol. The summed E-state index contributed by atoms with van der Waals surface area (Å²) in [5.74, 6) is -0.383. The molecule has 1 unspecified atom stereocenters. The van der Waals surface area contributed by atoms with E-state index in [1.807, 2.05) is 13.8 Å². The molecule has 1 saturated heterocycles. The van der Waals surface area contributed by atoms with Crippen LogP contribution in [0.15, 0.2) is 0 Å². The molecule has 98 valence electrons. The number of hydrogen-bond acceptors (Lipinski definition) is 3. The van der Waals surface area contributed by atoms with Gasteiger partial charge in [0, 0.05) is 18.4 Å². The Kier molecular flexibility index (Phi) is 4.93. The molecule has 0 bridgehead atoms. The minimum absolute atomic E-state index is 0.0223. The van der Waals surface area contributed by atoms with E-state index in [2.05, 4.69) is 10.6 Å². The highest BCUT2D eigenvalue weighted by Crippen LogP contribution is 2.15.